The lowest BCUT2D eigenvalue weighted by Crippen LogP contribution is -1.99. The van der Waals surface area contributed by atoms with Crippen molar-refractivity contribution in [2.24, 2.45) is 0 Å². The topological polar surface area (TPSA) is 746 Å². The van der Waals surface area contributed by atoms with Crippen LogP contribution < -0.4 is 0 Å². The third-order valence-electron chi connectivity index (χ3n) is 0.329. The molecule has 0 amide bonds. The molecule has 0 aromatic heterocycles. The molecule has 0 rings (SSSR count). The summed E-state index contributed by atoms with van der Waals surface area (Å²) in [5, 5.41) is 149. The molecule has 40 nitrogen and oxygen atoms in total. The average Bonchev–Trinajstić information content (AvgIpc) is 3.03. The van der Waals surface area contributed by atoms with Gasteiger partial charge in [0.15, 0.2) is 0 Å². The highest BCUT2D eigenvalue weighted by molar-refractivity contribution is 6.45. The number of halogens is 2. The minimum atomic E-state index is -0.977. The standard InChI is InChI=1S/C3H4Cl2O2.19C2H4O2/c4-2(5)1-3(6)7;19*1-2(3)4/h2H,1H2,(H,6,7);19*1H3,(H,3,4). The lowest BCUT2D eigenvalue weighted by molar-refractivity contribution is -0.137. The number of rotatable bonds is 2. The largest absolute Gasteiger partial charge is 0.481 e. The van der Waals surface area contributed by atoms with Crippen molar-refractivity contribution in [2.75, 3.05) is 0 Å². The fourth-order valence-electron chi connectivity index (χ4n) is 0.132. The van der Waals surface area contributed by atoms with Crippen LogP contribution in [0.5, 0.6) is 0 Å². The van der Waals surface area contributed by atoms with Gasteiger partial charge < -0.3 is 102 Å². The molecule has 0 unspecified atom stereocenters. The van der Waals surface area contributed by atoms with E-state index in [0.717, 1.165) is 132 Å². The van der Waals surface area contributed by atoms with Gasteiger partial charge in [0, 0.05) is 132 Å². The lowest BCUT2D eigenvalue weighted by Gasteiger charge is -1.89. The first kappa shape index (κ1) is 135. The Morgan fingerprint density at radius 2 is 0.217 bits per heavy atom. The van der Waals surface area contributed by atoms with Crippen LogP contribution in [-0.4, -0.2) is 226 Å². The number of carboxylic acids is 20. The van der Waals surface area contributed by atoms with E-state index in [1.54, 1.807) is 0 Å². The summed E-state index contributed by atoms with van der Waals surface area (Å²) < 4.78 is 0. The first-order chi connectivity index (χ1) is 36.0. The molecule has 0 aliphatic heterocycles. The minimum absolute atomic E-state index is 0.191. The number of hydrogen-bond donors (Lipinski definition) is 20. The molecule has 0 fully saturated rings. The maximum absolute atomic E-state index is 9.64. The zero-order valence-electron chi connectivity index (χ0n) is 48.1. The fraction of sp³-hybridized carbons (Fsp3) is 0.512. The molecule has 0 bridgehead atoms. The van der Waals surface area contributed by atoms with Crippen LogP contribution >= 0.6 is 23.2 Å². The van der Waals surface area contributed by atoms with E-state index in [1.807, 2.05) is 0 Å². The molecule has 0 saturated heterocycles. The Bertz CT molecular complexity index is 1180. The van der Waals surface area contributed by atoms with E-state index in [4.69, 9.17) is 216 Å². The Hall–Kier alpha value is -10.0. The number of carbonyl (C=O) groups is 20. The van der Waals surface area contributed by atoms with E-state index in [0.29, 0.717) is 0 Å². The van der Waals surface area contributed by atoms with E-state index in [2.05, 4.69) is 0 Å². The molecule has 42 heteroatoms. The number of hydrogen-bond acceptors (Lipinski definition) is 20. The normalized spacial score (nSPS) is 6.53. The molecule has 498 valence electrons. The van der Waals surface area contributed by atoms with Gasteiger partial charge in [-0.1, -0.05) is 0 Å². The minimum Gasteiger partial charge on any atom is -0.481 e. The Kier molecular flexibility index (Phi) is 202. The van der Waals surface area contributed by atoms with Gasteiger partial charge in [0.1, 0.15) is 4.84 Å². The van der Waals surface area contributed by atoms with Crippen LogP contribution in [0.1, 0.15) is 138 Å². The average molecular weight is 1280 g/mol. The molecule has 0 heterocycles. The second kappa shape index (κ2) is 124. The summed E-state index contributed by atoms with van der Waals surface area (Å²) >= 11 is 10.1. The van der Waals surface area contributed by atoms with Crippen LogP contribution in [0.4, 0.5) is 0 Å². The van der Waals surface area contributed by atoms with Gasteiger partial charge in [0.2, 0.25) is 0 Å². The van der Waals surface area contributed by atoms with Crippen molar-refractivity contribution in [2.45, 2.75) is 143 Å². The summed E-state index contributed by atoms with van der Waals surface area (Å²) in [5.74, 6) is -16.8. The van der Waals surface area contributed by atoms with Crippen molar-refractivity contribution < 1.29 is 198 Å². The monoisotopic (exact) mass is 1280 g/mol. The molecule has 0 saturated carbocycles. The summed E-state index contributed by atoms with van der Waals surface area (Å²) in [6.07, 6.45) is -0.191. The maximum Gasteiger partial charge on any atom is 0.306 e. The molecule has 83 heavy (non-hydrogen) atoms. The van der Waals surface area contributed by atoms with Crippen molar-refractivity contribution in [3.05, 3.63) is 0 Å². The summed E-state index contributed by atoms with van der Waals surface area (Å²) in [7, 11) is 0. The maximum atomic E-state index is 9.64. The second-order valence-corrected chi connectivity index (χ2v) is 12.1. The molecule has 0 aliphatic rings. The van der Waals surface area contributed by atoms with Crippen LogP contribution in [0.25, 0.3) is 0 Å². The summed E-state index contributed by atoms with van der Waals surface area (Å²) in [6, 6.07) is 0. The summed E-state index contributed by atoms with van der Waals surface area (Å²) in [4.78, 5) is 180. The highest BCUT2D eigenvalue weighted by Crippen LogP contribution is 2.05. The highest BCUT2D eigenvalue weighted by atomic mass is 35.5. The third kappa shape index (κ3) is 9730. The Labute approximate surface area is 482 Å². The van der Waals surface area contributed by atoms with Gasteiger partial charge >= 0.3 is 5.97 Å². The van der Waals surface area contributed by atoms with Gasteiger partial charge in [-0.3, -0.25) is 95.9 Å². The molecule has 0 spiro atoms. The number of alkyl halides is 2. The molecule has 0 aromatic carbocycles. The SMILES string of the molecule is CC(=O)O.CC(=O)O.CC(=O)O.CC(=O)O.CC(=O)O.CC(=O)O.CC(=O)O.CC(=O)O.CC(=O)O.CC(=O)O.CC(=O)O.CC(=O)O.CC(=O)O.CC(=O)O.CC(=O)O.CC(=O)O.CC(=O)O.CC(=O)O.CC(=O)O.O=C(O)CC(Cl)Cl. The molecular formula is C41H80Cl2O40. The van der Waals surface area contributed by atoms with E-state index in [-0.39, 0.29) is 6.42 Å². The zero-order chi connectivity index (χ0) is 73.8. The van der Waals surface area contributed by atoms with Crippen LogP contribution in [0.15, 0.2) is 0 Å². The number of aliphatic carboxylic acids is 20. The van der Waals surface area contributed by atoms with Gasteiger partial charge in [-0.25, -0.2) is 0 Å². The quantitative estimate of drug-likeness (QED) is 0.177. The summed E-state index contributed by atoms with van der Waals surface area (Å²) in [5.41, 5.74) is 0. The van der Waals surface area contributed by atoms with Gasteiger partial charge in [-0.2, -0.15) is 0 Å². The van der Waals surface area contributed by atoms with Gasteiger partial charge in [-0.15, -0.1) is 23.2 Å². The van der Waals surface area contributed by atoms with Crippen LogP contribution in [0, 0.1) is 0 Å². The van der Waals surface area contributed by atoms with Crippen molar-refractivity contribution in [3.8, 4) is 0 Å². The summed E-state index contributed by atoms with van der Waals surface area (Å²) in [6.45, 7) is 20.6. The van der Waals surface area contributed by atoms with E-state index >= 15 is 0 Å². The third-order valence-corrected chi connectivity index (χ3v) is 0.638. The van der Waals surface area contributed by atoms with E-state index in [9.17, 15) is 4.79 Å². The smallest absolute Gasteiger partial charge is 0.306 e. The zero-order valence-corrected chi connectivity index (χ0v) is 49.7. The van der Waals surface area contributed by atoms with Crippen molar-refractivity contribution >= 4 is 143 Å². The predicted octanol–water partition coefficient (Wildman–Crippen LogP) is 2.99. The lowest BCUT2D eigenvalue weighted by atomic mass is 10.5. The Morgan fingerprint density at radius 3 is 0.217 bits per heavy atom. The van der Waals surface area contributed by atoms with E-state index < -0.39 is 124 Å². The first-order valence-corrected chi connectivity index (χ1v) is 20.1. The second-order valence-electron chi connectivity index (χ2n) is 10.9. The van der Waals surface area contributed by atoms with Crippen molar-refractivity contribution in [1.29, 1.82) is 0 Å². The van der Waals surface area contributed by atoms with Gasteiger partial charge in [0.05, 0.1) is 6.42 Å². The molecular weight excluding hydrogens is 1200 g/mol. The fourth-order valence-corrected chi connectivity index (χ4v) is 0.396. The molecule has 20 N–H and O–H groups in total. The van der Waals surface area contributed by atoms with Crippen molar-refractivity contribution in [1.82, 2.24) is 0 Å². The van der Waals surface area contributed by atoms with Crippen LogP contribution in [0.3, 0.4) is 0 Å². The molecule has 0 aliphatic carbocycles. The predicted molar refractivity (Wildman–Crippen MR) is 281 cm³/mol. The molecule has 0 atom stereocenters. The molecule has 0 radical (unpaired) electrons. The molecule has 0 aromatic rings. The number of carboxylic acid groups (broad SMARTS) is 20. The van der Waals surface area contributed by atoms with Crippen molar-refractivity contribution in [3.63, 3.8) is 0 Å². The Morgan fingerprint density at radius 1 is 0.181 bits per heavy atom. The van der Waals surface area contributed by atoms with Crippen LogP contribution in [-0.2, 0) is 95.9 Å². The van der Waals surface area contributed by atoms with Gasteiger partial charge in [-0.05, 0) is 0 Å². The first-order valence-electron chi connectivity index (χ1n) is 19.3. The van der Waals surface area contributed by atoms with E-state index in [1.165, 1.54) is 0 Å². The highest BCUT2D eigenvalue weighted by Gasteiger charge is 2.03. The Balaban J connectivity index is -0.0000000280. The van der Waals surface area contributed by atoms with Gasteiger partial charge in [0.25, 0.3) is 113 Å². The van der Waals surface area contributed by atoms with Crippen LogP contribution in [0.2, 0.25) is 0 Å².